The third-order valence-corrected chi connectivity index (χ3v) is 4.70. The maximum Gasteiger partial charge on any atom is 0.357 e. The molecule has 0 atom stereocenters. The summed E-state index contributed by atoms with van der Waals surface area (Å²) in [6, 6.07) is 19.3. The van der Waals surface area contributed by atoms with Crippen LogP contribution in [0.2, 0.25) is 0 Å². The maximum absolute atomic E-state index is 12.5. The van der Waals surface area contributed by atoms with Crippen molar-refractivity contribution in [3.05, 3.63) is 72.1 Å². The van der Waals surface area contributed by atoms with Gasteiger partial charge in [0, 0.05) is 11.1 Å². The Morgan fingerprint density at radius 2 is 1.76 bits per heavy atom. The fourth-order valence-corrected chi connectivity index (χ4v) is 3.34. The standard InChI is InChI=1S/C23H21N3O3/c1-4-29-23(27)19-14-20(16-10-12-18(28-3)13-11-16)26-22(24-19)21(15(2)25-26)17-8-6-5-7-9-17/h5-14H,4H2,1-3H3. The van der Waals surface area contributed by atoms with E-state index in [-0.39, 0.29) is 12.3 Å². The second-order valence-corrected chi connectivity index (χ2v) is 6.54. The lowest BCUT2D eigenvalue weighted by Gasteiger charge is -2.09. The summed E-state index contributed by atoms with van der Waals surface area (Å²) in [6.45, 7) is 4.01. The largest absolute Gasteiger partial charge is 0.497 e. The Balaban J connectivity index is 1.99. The van der Waals surface area contributed by atoms with Crippen molar-refractivity contribution in [2.75, 3.05) is 13.7 Å². The van der Waals surface area contributed by atoms with E-state index < -0.39 is 5.97 Å². The molecule has 0 aliphatic heterocycles. The summed E-state index contributed by atoms with van der Waals surface area (Å²) in [6.07, 6.45) is 0. The summed E-state index contributed by atoms with van der Waals surface area (Å²) < 4.78 is 12.2. The van der Waals surface area contributed by atoms with Gasteiger partial charge in [0.25, 0.3) is 0 Å². The van der Waals surface area contributed by atoms with E-state index in [1.807, 2.05) is 61.5 Å². The third-order valence-electron chi connectivity index (χ3n) is 4.70. The second-order valence-electron chi connectivity index (χ2n) is 6.54. The van der Waals surface area contributed by atoms with E-state index in [0.29, 0.717) is 5.65 Å². The molecule has 2 aromatic heterocycles. The summed E-state index contributed by atoms with van der Waals surface area (Å²) in [7, 11) is 1.63. The van der Waals surface area contributed by atoms with Crippen molar-refractivity contribution >= 4 is 11.6 Å². The minimum Gasteiger partial charge on any atom is -0.497 e. The summed E-state index contributed by atoms with van der Waals surface area (Å²) >= 11 is 0. The van der Waals surface area contributed by atoms with E-state index in [1.54, 1.807) is 24.6 Å². The average molecular weight is 387 g/mol. The van der Waals surface area contributed by atoms with Crippen LogP contribution >= 0.6 is 0 Å². The van der Waals surface area contributed by atoms with Crippen molar-refractivity contribution < 1.29 is 14.3 Å². The number of benzene rings is 2. The van der Waals surface area contributed by atoms with Crippen molar-refractivity contribution in [1.82, 2.24) is 14.6 Å². The number of aryl methyl sites for hydroxylation is 1. The van der Waals surface area contributed by atoms with Gasteiger partial charge in [-0.2, -0.15) is 5.10 Å². The van der Waals surface area contributed by atoms with Crippen molar-refractivity contribution in [3.8, 4) is 28.1 Å². The minimum absolute atomic E-state index is 0.252. The van der Waals surface area contributed by atoms with Crippen LogP contribution in [0.15, 0.2) is 60.7 Å². The topological polar surface area (TPSA) is 65.7 Å². The zero-order valence-corrected chi connectivity index (χ0v) is 16.5. The average Bonchev–Trinajstić information content (AvgIpc) is 3.09. The van der Waals surface area contributed by atoms with E-state index in [2.05, 4.69) is 4.98 Å². The van der Waals surface area contributed by atoms with Gasteiger partial charge in [-0.3, -0.25) is 0 Å². The van der Waals surface area contributed by atoms with Crippen LogP contribution in [0.25, 0.3) is 28.0 Å². The monoisotopic (exact) mass is 387 g/mol. The summed E-state index contributed by atoms with van der Waals surface area (Å²) in [5.41, 5.74) is 5.24. The van der Waals surface area contributed by atoms with Crippen molar-refractivity contribution in [3.63, 3.8) is 0 Å². The molecule has 0 amide bonds. The fraction of sp³-hybridized carbons (Fsp3) is 0.174. The number of hydrogen-bond donors (Lipinski definition) is 0. The first-order valence-electron chi connectivity index (χ1n) is 9.39. The number of esters is 1. The predicted molar refractivity (Wildman–Crippen MR) is 111 cm³/mol. The van der Waals surface area contributed by atoms with Crippen LogP contribution in [0.4, 0.5) is 0 Å². The molecule has 6 nitrogen and oxygen atoms in total. The molecule has 0 aliphatic rings. The lowest BCUT2D eigenvalue weighted by atomic mass is 10.1. The lowest BCUT2D eigenvalue weighted by Crippen LogP contribution is -2.10. The Morgan fingerprint density at radius 3 is 2.41 bits per heavy atom. The molecule has 0 saturated carbocycles. The molecule has 6 heteroatoms. The predicted octanol–water partition coefficient (Wildman–Crippen LogP) is 4.56. The molecule has 146 valence electrons. The Labute approximate surface area is 168 Å². The number of rotatable bonds is 5. The molecule has 0 spiro atoms. The molecule has 2 heterocycles. The van der Waals surface area contributed by atoms with Crippen LogP contribution in [0.1, 0.15) is 23.1 Å². The van der Waals surface area contributed by atoms with Gasteiger partial charge < -0.3 is 9.47 Å². The van der Waals surface area contributed by atoms with Gasteiger partial charge in [0.1, 0.15) is 5.75 Å². The molecule has 0 unspecified atom stereocenters. The van der Waals surface area contributed by atoms with E-state index in [1.165, 1.54) is 0 Å². The highest BCUT2D eigenvalue weighted by molar-refractivity contribution is 5.91. The van der Waals surface area contributed by atoms with Crippen LogP contribution in [0, 0.1) is 6.92 Å². The number of carbonyl (C=O) groups excluding carboxylic acids is 1. The number of carbonyl (C=O) groups is 1. The molecule has 0 N–H and O–H groups in total. The molecular formula is C23H21N3O3. The normalized spacial score (nSPS) is 10.9. The molecule has 0 fully saturated rings. The quantitative estimate of drug-likeness (QED) is 0.470. The second kappa shape index (κ2) is 7.75. The zero-order valence-electron chi connectivity index (χ0n) is 16.5. The van der Waals surface area contributed by atoms with Crippen molar-refractivity contribution in [1.29, 1.82) is 0 Å². The van der Waals surface area contributed by atoms with Gasteiger partial charge in [-0.05, 0) is 49.7 Å². The van der Waals surface area contributed by atoms with Gasteiger partial charge in [-0.1, -0.05) is 30.3 Å². The van der Waals surface area contributed by atoms with Gasteiger partial charge in [-0.25, -0.2) is 14.3 Å². The van der Waals surface area contributed by atoms with Crippen molar-refractivity contribution in [2.24, 2.45) is 0 Å². The Morgan fingerprint density at radius 1 is 1.03 bits per heavy atom. The number of aromatic nitrogens is 3. The maximum atomic E-state index is 12.5. The highest BCUT2D eigenvalue weighted by Gasteiger charge is 2.20. The van der Waals surface area contributed by atoms with E-state index in [4.69, 9.17) is 14.6 Å². The summed E-state index contributed by atoms with van der Waals surface area (Å²) in [4.78, 5) is 17.1. The van der Waals surface area contributed by atoms with Crippen LogP contribution in [0.3, 0.4) is 0 Å². The van der Waals surface area contributed by atoms with Crippen LogP contribution in [-0.4, -0.2) is 34.3 Å². The molecular weight excluding hydrogens is 366 g/mol. The van der Waals surface area contributed by atoms with Gasteiger partial charge in [-0.15, -0.1) is 0 Å². The van der Waals surface area contributed by atoms with Gasteiger partial charge in [0.2, 0.25) is 0 Å². The highest BCUT2D eigenvalue weighted by atomic mass is 16.5. The minimum atomic E-state index is -0.456. The van der Waals surface area contributed by atoms with Crippen molar-refractivity contribution in [2.45, 2.75) is 13.8 Å². The molecule has 0 bridgehead atoms. The summed E-state index contributed by atoms with van der Waals surface area (Å²) in [5, 5.41) is 4.73. The third kappa shape index (κ3) is 3.45. The number of fused-ring (bicyclic) bond motifs is 1. The first-order valence-corrected chi connectivity index (χ1v) is 9.39. The summed E-state index contributed by atoms with van der Waals surface area (Å²) in [5.74, 6) is 0.300. The molecule has 0 saturated heterocycles. The molecule has 29 heavy (non-hydrogen) atoms. The van der Waals surface area contributed by atoms with Crippen LogP contribution in [-0.2, 0) is 4.74 Å². The molecule has 2 aromatic carbocycles. The Bertz CT molecular complexity index is 1170. The molecule has 0 aliphatic carbocycles. The lowest BCUT2D eigenvalue weighted by molar-refractivity contribution is 0.0519. The van der Waals surface area contributed by atoms with E-state index in [9.17, 15) is 4.79 Å². The SMILES string of the molecule is CCOC(=O)c1cc(-c2ccc(OC)cc2)n2nc(C)c(-c3ccccc3)c2n1. The van der Waals surface area contributed by atoms with Gasteiger partial charge in [0.05, 0.1) is 25.1 Å². The number of methoxy groups -OCH3 is 1. The number of ether oxygens (including phenoxy) is 2. The van der Waals surface area contributed by atoms with Gasteiger partial charge >= 0.3 is 5.97 Å². The Kier molecular flexibility index (Phi) is 4.99. The fourth-order valence-electron chi connectivity index (χ4n) is 3.34. The molecule has 4 aromatic rings. The first-order chi connectivity index (χ1) is 14.1. The van der Waals surface area contributed by atoms with Crippen LogP contribution in [0.5, 0.6) is 5.75 Å². The van der Waals surface area contributed by atoms with E-state index >= 15 is 0 Å². The molecule has 4 rings (SSSR count). The number of hydrogen-bond acceptors (Lipinski definition) is 5. The van der Waals surface area contributed by atoms with Gasteiger partial charge in [0.15, 0.2) is 11.3 Å². The first kappa shape index (κ1) is 18.7. The van der Waals surface area contributed by atoms with E-state index in [0.717, 1.165) is 33.8 Å². The van der Waals surface area contributed by atoms with Crippen LogP contribution < -0.4 is 4.74 Å². The highest BCUT2D eigenvalue weighted by Crippen LogP contribution is 2.31. The smallest absolute Gasteiger partial charge is 0.357 e. The zero-order chi connectivity index (χ0) is 20.4. The number of nitrogens with zero attached hydrogens (tertiary/aromatic N) is 3. The Hall–Kier alpha value is -3.67. The molecule has 0 radical (unpaired) electrons.